The van der Waals surface area contributed by atoms with Gasteiger partial charge in [-0.1, -0.05) is 17.7 Å². The fourth-order valence-corrected chi connectivity index (χ4v) is 4.50. The lowest BCUT2D eigenvalue weighted by molar-refractivity contribution is -0.132. The Kier molecular flexibility index (Phi) is 6.93. The number of anilines is 2. The minimum absolute atomic E-state index is 0.0982. The number of rotatable bonds is 4. The van der Waals surface area contributed by atoms with Gasteiger partial charge in [0.15, 0.2) is 0 Å². The molecule has 0 radical (unpaired) electrons. The number of carbonyl (C=O) groups is 2. The molecule has 2 aromatic carbocycles. The summed E-state index contributed by atoms with van der Waals surface area (Å²) in [4.78, 5) is 31.5. The summed E-state index contributed by atoms with van der Waals surface area (Å²) in [6.45, 7) is 6.17. The van der Waals surface area contributed by atoms with E-state index in [0.717, 1.165) is 49.4 Å². The first-order chi connectivity index (χ1) is 15.5. The molecule has 2 aromatic rings. The molecule has 2 saturated heterocycles. The largest absolute Gasteiger partial charge is 0.368 e. The summed E-state index contributed by atoms with van der Waals surface area (Å²) in [7, 11) is 0. The number of halogens is 1. The van der Waals surface area contributed by atoms with Crippen LogP contribution in [-0.4, -0.2) is 61.0 Å². The van der Waals surface area contributed by atoms with Crippen LogP contribution in [0.2, 0.25) is 0 Å². The number of nitrogens with zero attached hydrogens (tertiary/aromatic N) is 3. The van der Waals surface area contributed by atoms with Crippen molar-refractivity contribution in [2.24, 2.45) is 5.92 Å². The molecule has 1 atom stereocenters. The van der Waals surface area contributed by atoms with Crippen molar-refractivity contribution < 1.29 is 14.0 Å². The number of urea groups is 1. The number of amides is 3. The maximum atomic E-state index is 13.1. The van der Waals surface area contributed by atoms with Crippen LogP contribution in [0.3, 0.4) is 0 Å². The van der Waals surface area contributed by atoms with E-state index in [4.69, 9.17) is 0 Å². The normalized spacial score (nSPS) is 19.1. The van der Waals surface area contributed by atoms with E-state index in [1.165, 1.54) is 12.1 Å². The molecule has 3 amide bonds. The van der Waals surface area contributed by atoms with Crippen LogP contribution in [0.5, 0.6) is 0 Å². The topological polar surface area (TPSA) is 55.9 Å². The van der Waals surface area contributed by atoms with Crippen LogP contribution in [0, 0.1) is 18.7 Å². The lowest BCUT2D eigenvalue weighted by atomic mass is 9.94. The quantitative estimate of drug-likeness (QED) is 0.781. The van der Waals surface area contributed by atoms with Gasteiger partial charge in [0, 0.05) is 57.1 Å². The first-order valence-corrected chi connectivity index (χ1v) is 11.4. The van der Waals surface area contributed by atoms with Gasteiger partial charge in [-0.25, -0.2) is 9.18 Å². The van der Waals surface area contributed by atoms with Crippen molar-refractivity contribution in [3.05, 3.63) is 59.9 Å². The van der Waals surface area contributed by atoms with Crippen LogP contribution >= 0.6 is 0 Å². The molecule has 0 saturated carbocycles. The van der Waals surface area contributed by atoms with Crippen molar-refractivity contribution >= 4 is 23.3 Å². The molecular weight excluding hydrogens is 407 g/mol. The Morgan fingerprint density at radius 1 is 0.938 bits per heavy atom. The highest BCUT2D eigenvalue weighted by atomic mass is 19.1. The van der Waals surface area contributed by atoms with Crippen molar-refractivity contribution in [2.45, 2.75) is 26.2 Å². The Balaban J connectivity index is 1.25. The van der Waals surface area contributed by atoms with E-state index in [-0.39, 0.29) is 23.7 Å². The van der Waals surface area contributed by atoms with Gasteiger partial charge >= 0.3 is 6.03 Å². The highest BCUT2D eigenvalue weighted by molar-refractivity contribution is 5.89. The van der Waals surface area contributed by atoms with Gasteiger partial charge in [-0.15, -0.1) is 0 Å². The van der Waals surface area contributed by atoms with Crippen molar-refractivity contribution in [2.75, 3.05) is 49.5 Å². The van der Waals surface area contributed by atoms with E-state index < -0.39 is 0 Å². The molecule has 7 heteroatoms. The molecule has 0 spiro atoms. The number of piperazine rings is 1. The molecule has 2 heterocycles. The van der Waals surface area contributed by atoms with Crippen LogP contribution in [0.15, 0.2) is 48.5 Å². The number of carbonyl (C=O) groups excluding carboxylic acids is 2. The predicted octanol–water partition coefficient (Wildman–Crippen LogP) is 4.12. The smallest absolute Gasteiger partial charge is 0.321 e. The summed E-state index contributed by atoms with van der Waals surface area (Å²) < 4.78 is 13.1. The Hall–Kier alpha value is -3.09. The van der Waals surface area contributed by atoms with Crippen molar-refractivity contribution in [3.63, 3.8) is 0 Å². The van der Waals surface area contributed by atoms with Gasteiger partial charge < -0.3 is 20.0 Å². The summed E-state index contributed by atoms with van der Waals surface area (Å²) in [5.41, 5.74) is 2.93. The van der Waals surface area contributed by atoms with E-state index >= 15 is 0 Å². The standard InChI is InChI=1S/C25H31FN4O2/c1-19-4-8-22(9-5-19)27-25(32)30-12-2-3-20(18-30)17-24(31)29-15-13-28(14-16-29)23-10-6-21(26)7-11-23/h4-11,20H,2-3,12-18H2,1H3,(H,27,32). The average Bonchev–Trinajstić information content (AvgIpc) is 2.81. The number of hydrogen-bond donors (Lipinski definition) is 1. The van der Waals surface area contributed by atoms with Gasteiger partial charge in [0.25, 0.3) is 0 Å². The lowest BCUT2D eigenvalue weighted by Gasteiger charge is -2.38. The number of benzene rings is 2. The molecule has 4 rings (SSSR count). The Bertz CT molecular complexity index is 924. The second-order valence-electron chi connectivity index (χ2n) is 8.80. The second-order valence-corrected chi connectivity index (χ2v) is 8.80. The Morgan fingerprint density at radius 2 is 1.62 bits per heavy atom. The second kappa shape index (κ2) is 10.0. The monoisotopic (exact) mass is 438 g/mol. The first-order valence-electron chi connectivity index (χ1n) is 11.4. The highest BCUT2D eigenvalue weighted by Crippen LogP contribution is 2.23. The molecule has 0 bridgehead atoms. The van der Waals surface area contributed by atoms with Crippen LogP contribution in [-0.2, 0) is 4.79 Å². The molecular formula is C25H31FN4O2. The third kappa shape index (κ3) is 5.58. The number of piperidine rings is 1. The first kappa shape index (κ1) is 22.1. The van der Waals surface area contributed by atoms with E-state index in [0.29, 0.717) is 26.1 Å². The van der Waals surface area contributed by atoms with Crippen molar-refractivity contribution in [1.29, 1.82) is 0 Å². The van der Waals surface area contributed by atoms with Crippen LogP contribution < -0.4 is 10.2 Å². The summed E-state index contributed by atoms with van der Waals surface area (Å²) in [5, 5.41) is 2.96. The zero-order valence-corrected chi connectivity index (χ0v) is 18.6. The third-order valence-corrected chi connectivity index (χ3v) is 6.40. The molecule has 2 aliphatic rings. The fourth-order valence-electron chi connectivity index (χ4n) is 4.50. The highest BCUT2D eigenvalue weighted by Gasteiger charge is 2.28. The van der Waals surface area contributed by atoms with Gasteiger partial charge in [0.05, 0.1) is 0 Å². The fraction of sp³-hybridized carbons (Fsp3) is 0.440. The molecule has 2 fully saturated rings. The Labute approximate surface area is 189 Å². The molecule has 0 aromatic heterocycles. The molecule has 170 valence electrons. The third-order valence-electron chi connectivity index (χ3n) is 6.40. The van der Waals surface area contributed by atoms with E-state index in [9.17, 15) is 14.0 Å². The summed E-state index contributed by atoms with van der Waals surface area (Å²) in [5.74, 6) is 0.112. The number of likely N-dealkylation sites (tertiary alicyclic amines) is 1. The van der Waals surface area contributed by atoms with E-state index in [2.05, 4.69) is 10.2 Å². The summed E-state index contributed by atoms with van der Waals surface area (Å²) >= 11 is 0. The van der Waals surface area contributed by atoms with Gasteiger partial charge in [-0.2, -0.15) is 0 Å². The Morgan fingerprint density at radius 3 is 2.31 bits per heavy atom. The zero-order chi connectivity index (χ0) is 22.5. The molecule has 1 N–H and O–H groups in total. The summed E-state index contributed by atoms with van der Waals surface area (Å²) in [6, 6.07) is 14.2. The van der Waals surface area contributed by atoms with Crippen molar-refractivity contribution in [1.82, 2.24) is 9.80 Å². The van der Waals surface area contributed by atoms with Crippen molar-refractivity contribution in [3.8, 4) is 0 Å². The van der Waals surface area contributed by atoms with Gasteiger partial charge in [-0.05, 0) is 62.1 Å². The SMILES string of the molecule is Cc1ccc(NC(=O)N2CCCC(CC(=O)N3CCN(c4ccc(F)cc4)CC3)C2)cc1. The summed E-state index contributed by atoms with van der Waals surface area (Å²) in [6.07, 6.45) is 2.36. The number of aryl methyl sites for hydroxylation is 1. The lowest BCUT2D eigenvalue weighted by Crippen LogP contribution is -2.50. The van der Waals surface area contributed by atoms with Crippen LogP contribution in [0.25, 0.3) is 0 Å². The van der Waals surface area contributed by atoms with E-state index in [1.807, 2.05) is 41.0 Å². The van der Waals surface area contributed by atoms with Gasteiger partial charge in [0.2, 0.25) is 5.91 Å². The zero-order valence-electron chi connectivity index (χ0n) is 18.6. The molecule has 1 unspecified atom stereocenters. The van der Waals surface area contributed by atoms with Crippen LogP contribution in [0.1, 0.15) is 24.8 Å². The van der Waals surface area contributed by atoms with E-state index in [1.54, 1.807) is 12.1 Å². The minimum Gasteiger partial charge on any atom is -0.368 e. The number of hydrogen-bond acceptors (Lipinski definition) is 3. The molecule has 6 nitrogen and oxygen atoms in total. The van der Waals surface area contributed by atoms with Gasteiger partial charge in [0.1, 0.15) is 5.82 Å². The van der Waals surface area contributed by atoms with Gasteiger partial charge in [-0.3, -0.25) is 4.79 Å². The maximum Gasteiger partial charge on any atom is 0.321 e. The molecule has 0 aliphatic carbocycles. The van der Waals surface area contributed by atoms with Crippen LogP contribution in [0.4, 0.5) is 20.6 Å². The maximum absolute atomic E-state index is 13.1. The molecule has 2 aliphatic heterocycles. The minimum atomic E-state index is -0.239. The molecule has 32 heavy (non-hydrogen) atoms. The number of nitrogens with one attached hydrogen (secondary N) is 1. The predicted molar refractivity (Wildman–Crippen MR) is 124 cm³/mol. The average molecular weight is 439 g/mol.